The number of benzene rings is 3. The van der Waals surface area contributed by atoms with E-state index in [1.807, 2.05) is 66.7 Å². The molecular weight excluding hydrogens is 491 g/mol. The Morgan fingerprint density at radius 2 is 1.50 bits per heavy atom. The summed E-state index contributed by atoms with van der Waals surface area (Å²) in [7, 11) is 0. The predicted octanol–water partition coefficient (Wildman–Crippen LogP) is 6.62. The minimum Gasteiger partial charge on any atom is -0.352 e. The number of nitrogens with one attached hydrogen (secondary N) is 1. The van der Waals surface area contributed by atoms with Crippen LogP contribution in [0.25, 0.3) is 0 Å². The summed E-state index contributed by atoms with van der Waals surface area (Å²) >= 11 is 12.6. The molecule has 1 saturated carbocycles. The quantitative estimate of drug-likeness (QED) is 0.343. The maximum atomic E-state index is 13.8. The van der Waals surface area contributed by atoms with Gasteiger partial charge in [0.05, 0.1) is 6.42 Å². The Morgan fingerprint density at radius 1 is 0.861 bits per heavy atom. The topological polar surface area (TPSA) is 49.4 Å². The first kappa shape index (κ1) is 26.2. The van der Waals surface area contributed by atoms with Gasteiger partial charge in [-0.25, -0.2) is 0 Å². The van der Waals surface area contributed by atoms with E-state index in [9.17, 15) is 9.59 Å². The van der Waals surface area contributed by atoms with Gasteiger partial charge in [0, 0.05) is 29.1 Å². The lowest BCUT2D eigenvalue weighted by Gasteiger charge is -2.34. The average Bonchev–Trinajstić information content (AvgIpc) is 2.89. The van der Waals surface area contributed by atoms with E-state index in [0.717, 1.165) is 42.4 Å². The van der Waals surface area contributed by atoms with E-state index in [1.54, 1.807) is 17.0 Å². The first-order valence-electron chi connectivity index (χ1n) is 12.6. The Hall–Kier alpha value is -2.82. The van der Waals surface area contributed by atoms with Crippen molar-refractivity contribution in [2.45, 2.75) is 63.6 Å². The SMILES string of the molecule is O=C(NC1CCCCC1)[C@@H](Cc1ccccc1)N(Cc1ccc(Cl)cc1Cl)C(=O)Cc1ccccc1. The van der Waals surface area contributed by atoms with Crippen molar-refractivity contribution in [3.05, 3.63) is 106 Å². The molecule has 0 saturated heterocycles. The van der Waals surface area contributed by atoms with Crippen LogP contribution in [0.1, 0.15) is 48.8 Å². The second-order valence-electron chi connectivity index (χ2n) is 9.47. The number of carbonyl (C=O) groups is 2. The molecule has 188 valence electrons. The molecule has 0 unspecified atom stereocenters. The van der Waals surface area contributed by atoms with Crippen molar-refractivity contribution in [2.24, 2.45) is 0 Å². The van der Waals surface area contributed by atoms with E-state index in [0.29, 0.717) is 16.5 Å². The van der Waals surface area contributed by atoms with Crippen LogP contribution in [0.4, 0.5) is 0 Å². The van der Waals surface area contributed by atoms with Crippen molar-refractivity contribution in [2.75, 3.05) is 0 Å². The van der Waals surface area contributed by atoms with Crippen LogP contribution in [0.5, 0.6) is 0 Å². The summed E-state index contributed by atoms with van der Waals surface area (Å²) in [5, 5.41) is 4.27. The molecule has 1 fully saturated rings. The van der Waals surface area contributed by atoms with Gasteiger partial charge in [-0.05, 0) is 41.7 Å². The normalized spacial score (nSPS) is 14.7. The third-order valence-corrected chi connectivity index (χ3v) is 7.36. The molecule has 3 aromatic carbocycles. The second-order valence-corrected chi connectivity index (χ2v) is 10.3. The Kier molecular flexibility index (Phi) is 9.43. The van der Waals surface area contributed by atoms with Gasteiger partial charge in [0.25, 0.3) is 0 Å². The number of hydrogen-bond donors (Lipinski definition) is 1. The van der Waals surface area contributed by atoms with Crippen molar-refractivity contribution in [3.63, 3.8) is 0 Å². The van der Waals surface area contributed by atoms with E-state index < -0.39 is 6.04 Å². The largest absolute Gasteiger partial charge is 0.352 e. The van der Waals surface area contributed by atoms with Gasteiger partial charge in [-0.1, -0.05) is 109 Å². The Balaban J connectivity index is 1.67. The van der Waals surface area contributed by atoms with Crippen LogP contribution in [-0.4, -0.2) is 28.8 Å². The molecule has 0 aromatic heterocycles. The molecule has 6 heteroatoms. The summed E-state index contributed by atoms with van der Waals surface area (Å²) in [4.78, 5) is 29.3. The molecule has 2 amide bonds. The summed E-state index contributed by atoms with van der Waals surface area (Å²) in [6.07, 6.45) is 6.02. The van der Waals surface area contributed by atoms with Crippen molar-refractivity contribution in [1.82, 2.24) is 10.2 Å². The summed E-state index contributed by atoms with van der Waals surface area (Å²) in [5.74, 6) is -0.232. The fourth-order valence-electron chi connectivity index (χ4n) is 4.80. The minimum absolute atomic E-state index is 0.114. The fraction of sp³-hybridized carbons (Fsp3) is 0.333. The number of amides is 2. The van der Waals surface area contributed by atoms with Crippen molar-refractivity contribution in [3.8, 4) is 0 Å². The zero-order valence-corrected chi connectivity index (χ0v) is 21.8. The predicted molar refractivity (Wildman–Crippen MR) is 146 cm³/mol. The molecule has 4 rings (SSSR count). The molecule has 0 heterocycles. The van der Waals surface area contributed by atoms with Crippen LogP contribution in [0.15, 0.2) is 78.9 Å². The Labute approximate surface area is 223 Å². The molecule has 0 spiro atoms. The van der Waals surface area contributed by atoms with Crippen molar-refractivity contribution in [1.29, 1.82) is 0 Å². The lowest BCUT2D eigenvalue weighted by Crippen LogP contribution is -2.53. The minimum atomic E-state index is -0.669. The summed E-state index contributed by atoms with van der Waals surface area (Å²) in [6.45, 7) is 0.220. The van der Waals surface area contributed by atoms with Gasteiger partial charge in [-0.2, -0.15) is 0 Å². The molecule has 0 aliphatic heterocycles. The first-order valence-corrected chi connectivity index (χ1v) is 13.4. The summed E-state index contributed by atoms with van der Waals surface area (Å²) < 4.78 is 0. The molecular formula is C30H32Cl2N2O2. The van der Waals surface area contributed by atoms with E-state index >= 15 is 0 Å². The van der Waals surface area contributed by atoms with Crippen LogP contribution in [0.3, 0.4) is 0 Å². The number of nitrogens with zero attached hydrogens (tertiary/aromatic N) is 1. The molecule has 1 atom stereocenters. The molecule has 0 radical (unpaired) electrons. The standard InChI is InChI=1S/C30H32Cl2N2O2/c31-25-17-16-24(27(32)20-25)21-34(29(35)19-23-12-6-2-7-13-23)28(18-22-10-4-1-5-11-22)30(36)33-26-14-8-3-9-15-26/h1-2,4-7,10-13,16-17,20,26,28H,3,8-9,14-15,18-19,21H2,(H,33,36)/t28-/m1/s1. The van der Waals surface area contributed by atoms with E-state index in [2.05, 4.69) is 5.32 Å². The lowest BCUT2D eigenvalue weighted by atomic mass is 9.94. The van der Waals surface area contributed by atoms with Crippen LogP contribution in [0, 0.1) is 0 Å². The highest BCUT2D eigenvalue weighted by Crippen LogP contribution is 2.25. The van der Waals surface area contributed by atoms with Gasteiger partial charge in [-0.3, -0.25) is 9.59 Å². The van der Waals surface area contributed by atoms with Gasteiger partial charge in [0.1, 0.15) is 6.04 Å². The zero-order valence-electron chi connectivity index (χ0n) is 20.3. The third-order valence-electron chi connectivity index (χ3n) is 6.78. The molecule has 0 bridgehead atoms. The number of rotatable bonds is 9. The second kappa shape index (κ2) is 12.9. The van der Waals surface area contributed by atoms with Crippen molar-refractivity contribution >= 4 is 35.0 Å². The smallest absolute Gasteiger partial charge is 0.243 e. The molecule has 1 aliphatic carbocycles. The number of carbonyl (C=O) groups excluding carboxylic acids is 2. The average molecular weight is 524 g/mol. The van der Waals surface area contributed by atoms with E-state index in [4.69, 9.17) is 23.2 Å². The number of hydrogen-bond acceptors (Lipinski definition) is 2. The molecule has 4 nitrogen and oxygen atoms in total. The third kappa shape index (κ3) is 7.35. The van der Waals surface area contributed by atoms with Gasteiger partial charge >= 0.3 is 0 Å². The van der Waals surface area contributed by atoms with Crippen LogP contribution in [-0.2, 0) is 29.0 Å². The highest BCUT2D eigenvalue weighted by atomic mass is 35.5. The zero-order chi connectivity index (χ0) is 25.3. The van der Waals surface area contributed by atoms with Gasteiger partial charge in [0.15, 0.2) is 0 Å². The number of halogens is 2. The van der Waals surface area contributed by atoms with Crippen molar-refractivity contribution < 1.29 is 9.59 Å². The van der Waals surface area contributed by atoms with E-state index in [1.165, 1.54) is 6.42 Å². The lowest BCUT2D eigenvalue weighted by molar-refractivity contribution is -0.141. The van der Waals surface area contributed by atoms with Crippen LogP contribution >= 0.6 is 23.2 Å². The van der Waals surface area contributed by atoms with Crippen LogP contribution in [0.2, 0.25) is 10.0 Å². The highest BCUT2D eigenvalue weighted by molar-refractivity contribution is 6.35. The summed E-state index contributed by atoms with van der Waals surface area (Å²) in [6, 6.07) is 24.2. The maximum Gasteiger partial charge on any atom is 0.243 e. The highest BCUT2D eigenvalue weighted by Gasteiger charge is 2.32. The first-order chi connectivity index (χ1) is 17.5. The molecule has 1 N–H and O–H groups in total. The van der Waals surface area contributed by atoms with Gasteiger partial charge < -0.3 is 10.2 Å². The molecule has 1 aliphatic rings. The maximum absolute atomic E-state index is 13.8. The monoisotopic (exact) mass is 522 g/mol. The van der Waals surface area contributed by atoms with Crippen LogP contribution < -0.4 is 5.32 Å². The Morgan fingerprint density at radius 3 is 2.14 bits per heavy atom. The molecule has 3 aromatic rings. The van der Waals surface area contributed by atoms with Gasteiger partial charge in [0.2, 0.25) is 11.8 Å². The van der Waals surface area contributed by atoms with E-state index in [-0.39, 0.29) is 30.8 Å². The fourth-order valence-corrected chi connectivity index (χ4v) is 5.27. The van der Waals surface area contributed by atoms with Gasteiger partial charge in [-0.15, -0.1) is 0 Å². The summed E-state index contributed by atoms with van der Waals surface area (Å²) in [5.41, 5.74) is 2.66. The molecule has 36 heavy (non-hydrogen) atoms. The Bertz CT molecular complexity index is 1150.